The van der Waals surface area contributed by atoms with Gasteiger partial charge in [0.2, 0.25) is 5.91 Å². The average Bonchev–Trinajstić information content (AvgIpc) is 3.08. The molecule has 35 heavy (non-hydrogen) atoms. The number of rotatable bonds is 8. The number of anilines is 1. The van der Waals surface area contributed by atoms with Gasteiger partial charge in [0.05, 0.1) is 19.4 Å². The summed E-state index contributed by atoms with van der Waals surface area (Å²) < 4.78 is 11.4. The van der Waals surface area contributed by atoms with Crippen LogP contribution in [-0.4, -0.2) is 68.1 Å². The largest absolute Gasteiger partial charge is 0.495 e. The van der Waals surface area contributed by atoms with E-state index in [0.717, 1.165) is 42.7 Å². The number of carbonyl (C=O) groups excluding carboxylic acids is 2. The third kappa shape index (κ3) is 6.75. The maximum atomic E-state index is 13.2. The molecule has 2 aliphatic heterocycles. The number of carbonyl (C=O) groups is 2. The Kier molecular flexibility index (Phi) is 8.64. The highest BCUT2D eigenvalue weighted by Gasteiger charge is 2.21. The normalized spacial score (nSPS) is 16.2. The summed E-state index contributed by atoms with van der Waals surface area (Å²) in [4.78, 5) is 29.2. The van der Waals surface area contributed by atoms with Crippen LogP contribution in [-0.2, 0) is 17.6 Å². The predicted molar refractivity (Wildman–Crippen MR) is 137 cm³/mol. The van der Waals surface area contributed by atoms with E-state index in [-0.39, 0.29) is 11.8 Å². The molecule has 2 aromatic carbocycles. The van der Waals surface area contributed by atoms with Crippen molar-refractivity contribution in [1.29, 1.82) is 0 Å². The van der Waals surface area contributed by atoms with E-state index in [2.05, 4.69) is 10.2 Å². The number of likely N-dealkylation sites (tertiary alicyclic amines) is 1. The Balaban J connectivity index is 1.30. The van der Waals surface area contributed by atoms with Gasteiger partial charge in [0.25, 0.3) is 5.91 Å². The molecule has 4 rings (SSSR count). The van der Waals surface area contributed by atoms with Crippen LogP contribution >= 0.6 is 0 Å². The highest BCUT2D eigenvalue weighted by atomic mass is 16.5. The van der Waals surface area contributed by atoms with E-state index >= 15 is 0 Å². The van der Waals surface area contributed by atoms with E-state index in [0.29, 0.717) is 36.7 Å². The van der Waals surface area contributed by atoms with Crippen molar-refractivity contribution in [3.05, 3.63) is 53.1 Å². The Morgan fingerprint density at radius 3 is 2.29 bits per heavy atom. The Morgan fingerprint density at radius 2 is 1.63 bits per heavy atom. The molecule has 0 aromatic heterocycles. The number of piperidine rings is 1. The van der Waals surface area contributed by atoms with Gasteiger partial charge in [0.1, 0.15) is 11.5 Å². The van der Waals surface area contributed by atoms with Crippen molar-refractivity contribution < 1.29 is 19.1 Å². The molecule has 0 atom stereocenters. The van der Waals surface area contributed by atoms with Crippen molar-refractivity contribution in [3.8, 4) is 11.5 Å². The molecule has 1 N–H and O–H groups in total. The number of hydrogen-bond donors (Lipinski definition) is 1. The molecule has 0 unspecified atom stereocenters. The molecule has 0 saturated carbocycles. The van der Waals surface area contributed by atoms with Gasteiger partial charge in [-0.3, -0.25) is 9.59 Å². The summed E-state index contributed by atoms with van der Waals surface area (Å²) in [6, 6.07) is 11.5. The van der Waals surface area contributed by atoms with Crippen molar-refractivity contribution >= 4 is 17.5 Å². The summed E-state index contributed by atoms with van der Waals surface area (Å²) in [5.74, 6) is 1.35. The lowest BCUT2D eigenvalue weighted by Gasteiger charge is -2.26. The Hall–Kier alpha value is -3.06. The van der Waals surface area contributed by atoms with Crippen LogP contribution in [0, 0.1) is 0 Å². The van der Waals surface area contributed by atoms with E-state index in [1.165, 1.54) is 39.3 Å². The summed E-state index contributed by atoms with van der Waals surface area (Å²) in [5.41, 5.74) is 3.64. The molecule has 0 aliphatic carbocycles. The minimum atomic E-state index is -0.136. The van der Waals surface area contributed by atoms with Gasteiger partial charge in [-0.25, -0.2) is 0 Å². The monoisotopic (exact) mass is 479 g/mol. The zero-order chi connectivity index (χ0) is 24.6. The molecule has 188 valence electrons. The molecule has 0 spiro atoms. The van der Waals surface area contributed by atoms with Crippen LogP contribution in [0.2, 0.25) is 0 Å². The van der Waals surface area contributed by atoms with E-state index in [1.54, 1.807) is 7.11 Å². The molecule has 1 fully saturated rings. The van der Waals surface area contributed by atoms with Crippen molar-refractivity contribution in [3.63, 3.8) is 0 Å². The van der Waals surface area contributed by atoms with Crippen LogP contribution < -0.4 is 14.8 Å². The van der Waals surface area contributed by atoms with Crippen molar-refractivity contribution in [1.82, 2.24) is 9.80 Å². The molecule has 7 heteroatoms. The van der Waals surface area contributed by atoms with Gasteiger partial charge in [-0.15, -0.1) is 0 Å². The van der Waals surface area contributed by atoms with Crippen LogP contribution in [0.3, 0.4) is 0 Å². The number of benzene rings is 2. The lowest BCUT2D eigenvalue weighted by molar-refractivity contribution is -0.114. The number of nitrogens with zero attached hydrogens (tertiary/aromatic N) is 2. The van der Waals surface area contributed by atoms with Crippen molar-refractivity contribution in [2.24, 2.45) is 0 Å². The number of hydrogen-bond acceptors (Lipinski definition) is 5. The molecule has 2 heterocycles. The molecule has 7 nitrogen and oxygen atoms in total. The van der Waals surface area contributed by atoms with Crippen LogP contribution in [0.25, 0.3) is 0 Å². The predicted octanol–water partition coefficient (Wildman–Crippen LogP) is 4.15. The van der Waals surface area contributed by atoms with Gasteiger partial charge in [-0.05, 0) is 92.7 Å². The smallest absolute Gasteiger partial charge is 0.253 e. The third-order valence-corrected chi connectivity index (χ3v) is 6.86. The maximum absolute atomic E-state index is 13.2. The summed E-state index contributed by atoms with van der Waals surface area (Å²) in [6.45, 7) is 6.96. The highest BCUT2D eigenvalue weighted by Crippen LogP contribution is 2.31. The Morgan fingerprint density at radius 1 is 0.943 bits per heavy atom. The number of nitrogens with one attached hydrogen (secondary N) is 1. The van der Waals surface area contributed by atoms with E-state index < -0.39 is 0 Å². The molecular formula is C28H37N3O4. The topological polar surface area (TPSA) is 71.1 Å². The zero-order valence-electron chi connectivity index (χ0n) is 21.0. The maximum Gasteiger partial charge on any atom is 0.253 e. The fraction of sp³-hybridized carbons (Fsp3) is 0.500. The molecule has 0 radical (unpaired) electrons. The van der Waals surface area contributed by atoms with E-state index in [1.807, 2.05) is 41.3 Å². The van der Waals surface area contributed by atoms with Gasteiger partial charge < -0.3 is 24.6 Å². The van der Waals surface area contributed by atoms with Crippen LogP contribution in [0.15, 0.2) is 36.4 Å². The minimum Gasteiger partial charge on any atom is -0.495 e. The number of fused-ring (bicyclic) bond motifs is 1. The summed E-state index contributed by atoms with van der Waals surface area (Å²) in [7, 11) is 1.60. The van der Waals surface area contributed by atoms with Crippen LogP contribution in [0.1, 0.15) is 54.1 Å². The minimum absolute atomic E-state index is 0.0310. The van der Waals surface area contributed by atoms with Crippen molar-refractivity contribution in [2.75, 3.05) is 51.8 Å². The second-order valence-electron chi connectivity index (χ2n) is 9.42. The summed E-state index contributed by atoms with van der Waals surface area (Å²) >= 11 is 0. The second-order valence-corrected chi connectivity index (χ2v) is 9.42. The first-order valence-electron chi connectivity index (χ1n) is 12.8. The first-order chi connectivity index (χ1) is 17.0. The van der Waals surface area contributed by atoms with Gasteiger partial charge in [-0.1, -0.05) is 6.42 Å². The zero-order valence-corrected chi connectivity index (χ0v) is 21.0. The standard InChI is InChI=1S/C28H37N3O4/c1-21(32)29-26-19-23-11-16-31(17-12-24(23)20-27(26)34-2)28(33)22-7-9-25(10-8-22)35-18-6-15-30-13-4-3-5-14-30/h7-10,19-20H,3-6,11-18H2,1-2H3,(H,29,32). The van der Waals surface area contributed by atoms with Crippen molar-refractivity contribution in [2.45, 2.75) is 45.4 Å². The van der Waals surface area contributed by atoms with Crippen LogP contribution in [0.5, 0.6) is 11.5 Å². The quantitative estimate of drug-likeness (QED) is 0.576. The third-order valence-electron chi connectivity index (χ3n) is 6.86. The molecule has 0 bridgehead atoms. The fourth-order valence-electron chi connectivity index (χ4n) is 4.95. The number of methoxy groups -OCH3 is 1. The number of amides is 2. The number of ether oxygens (including phenoxy) is 2. The summed E-state index contributed by atoms with van der Waals surface area (Å²) in [6.07, 6.45) is 6.48. The lowest BCUT2D eigenvalue weighted by atomic mass is 10.0. The van der Waals surface area contributed by atoms with Gasteiger partial charge in [0.15, 0.2) is 0 Å². The average molecular weight is 480 g/mol. The Labute approximate surface area is 208 Å². The van der Waals surface area contributed by atoms with Gasteiger partial charge in [-0.2, -0.15) is 0 Å². The molecule has 2 amide bonds. The Bertz CT molecular complexity index is 1020. The fourth-order valence-corrected chi connectivity index (χ4v) is 4.95. The molecule has 2 aliphatic rings. The van der Waals surface area contributed by atoms with Gasteiger partial charge in [0, 0.05) is 32.1 Å². The van der Waals surface area contributed by atoms with Gasteiger partial charge >= 0.3 is 0 Å². The SMILES string of the molecule is COc1cc2c(cc1NC(C)=O)CCN(C(=O)c1ccc(OCCCN3CCCCC3)cc1)CC2. The molecular weight excluding hydrogens is 442 g/mol. The first kappa shape index (κ1) is 25.0. The molecule has 1 saturated heterocycles. The molecule has 2 aromatic rings. The van der Waals surface area contributed by atoms with E-state index in [9.17, 15) is 9.59 Å². The highest BCUT2D eigenvalue weighted by molar-refractivity contribution is 5.94. The second kappa shape index (κ2) is 12.1. The summed E-state index contributed by atoms with van der Waals surface area (Å²) in [5, 5.41) is 2.84. The first-order valence-corrected chi connectivity index (χ1v) is 12.8. The van der Waals surface area contributed by atoms with Crippen LogP contribution in [0.4, 0.5) is 5.69 Å². The lowest BCUT2D eigenvalue weighted by Crippen LogP contribution is -2.33. The van der Waals surface area contributed by atoms with E-state index in [4.69, 9.17) is 9.47 Å².